The van der Waals surface area contributed by atoms with E-state index in [1.807, 2.05) is 0 Å². The lowest BCUT2D eigenvalue weighted by Gasteiger charge is -2.21. The standard InChI is InChI=1S/C20H21FN2O3/c1-14(20(25)23-12-2-3-13-23)22-19(24)15-4-8-17(9-5-15)26-18-10-6-16(21)7-11-18/h4-11,14H,2-3,12-13H2,1H3,(H,22,24). The van der Waals surface area contributed by atoms with Crippen molar-refractivity contribution in [2.75, 3.05) is 13.1 Å². The number of hydrogen-bond donors (Lipinski definition) is 1. The van der Waals surface area contributed by atoms with E-state index in [0.29, 0.717) is 17.1 Å². The predicted octanol–water partition coefficient (Wildman–Crippen LogP) is 3.36. The van der Waals surface area contributed by atoms with Gasteiger partial charge in [-0.3, -0.25) is 9.59 Å². The fourth-order valence-electron chi connectivity index (χ4n) is 2.87. The van der Waals surface area contributed by atoms with Gasteiger partial charge in [0.15, 0.2) is 0 Å². The van der Waals surface area contributed by atoms with Gasteiger partial charge in [-0.1, -0.05) is 0 Å². The molecule has 26 heavy (non-hydrogen) atoms. The van der Waals surface area contributed by atoms with Crippen LogP contribution in [0, 0.1) is 5.82 Å². The summed E-state index contributed by atoms with van der Waals surface area (Å²) in [6.45, 7) is 3.22. The fraction of sp³-hybridized carbons (Fsp3) is 0.300. The second kappa shape index (κ2) is 7.99. The van der Waals surface area contributed by atoms with Crippen molar-refractivity contribution in [3.05, 3.63) is 59.9 Å². The zero-order valence-electron chi connectivity index (χ0n) is 14.6. The minimum absolute atomic E-state index is 0.0490. The SMILES string of the molecule is CC(NC(=O)c1ccc(Oc2ccc(F)cc2)cc1)C(=O)N1CCCC1. The van der Waals surface area contributed by atoms with Crippen molar-refractivity contribution in [1.82, 2.24) is 10.2 Å². The molecule has 0 bridgehead atoms. The third kappa shape index (κ3) is 4.39. The van der Waals surface area contributed by atoms with Crippen LogP contribution in [-0.4, -0.2) is 35.8 Å². The molecule has 0 spiro atoms. The van der Waals surface area contributed by atoms with Crippen molar-refractivity contribution in [3.8, 4) is 11.5 Å². The van der Waals surface area contributed by atoms with Gasteiger partial charge in [0.05, 0.1) is 0 Å². The third-order valence-electron chi connectivity index (χ3n) is 4.30. The molecule has 0 radical (unpaired) electrons. The highest BCUT2D eigenvalue weighted by Gasteiger charge is 2.24. The molecule has 1 fully saturated rings. The number of carbonyl (C=O) groups is 2. The highest BCUT2D eigenvalue weighted by atomic mass is 19.1. The Hall–Kier alpha value is -2.89. The van der Waals surface area contributed by atoms with E-state index in [9.17, 15) is 14.0 Å². The van der Waals surface area contributed by atoms with Crippen LogP contribution in [0.15, 0.2) is 48.5 Å². The molecule has 0 saturated carbocycles. The minimum atomic E-state index is -0.559. The van der Waals surface area contributed by atoms with E-state index in [2.05, 4.69) is 5.32 Å². The summed E-state index contributed by atoms with van der Waals surface area (Å²) in [5.41, 5.74) is 0.442. The van der Waals surface area contributed by atoms with Gasteiger partial charge in [0.2, 0.25) is 5.91 Å². The lowest BCUT2D eigenvalue weighted by Crippen LogP contribution is -2.45. The van der Waals surface area contributed by atoms with E-state index in [0.717, 1.165) is 25.9 Å². The maximum Gasteiger partial charge on any atom is 0.251 e. The molecule has 0 aliphatic carbocycles. The molecule has 1 aliphatic heterocycles. The van der Waals surface area contributed by atoms with Crippen molar-refractivity contribution in [1.29, 1.82) is 0 Å². The second-order valence-corrected chi connectivity index (χ2v) is 6.31. The summed E-state index contributed by atoms with van der Waals surface area (Å²) in [6, 6.07) is 11.7. The Balaban J connectivity index is 1.57. The maximum absolute atomic E-state index is 12.9. The molecular weight excluding hydrogens is 335 g/mol. The van der Waals surface area contributed by atoms with Gasteiger partial charge >= 0.3 is 0 Å². The van der Waals surface area contributed by atoms with E-state index < -0.39 is 6.04 Å². The van der Waals surface area contributed by atoms with Gasteiger partial charge in [0.25, 0.3) is 5.91 Å². The number of ether oxygens (including phenoxy) is 1. The molecular formula is C20H21FN2O3. The lowest BCUT2D eigenvalue weighted by atomic mass is 10.2. The van der Waals surface area contributed by atoms with Crippen LogP contribution in [0.5, 0.6) is 11.5 Å². The van der Waals surface area contributed by atoms with E-state index in [1.165, 1.54) is 24.3 Å². The number of hydrogen-bond acceptors (Lipinski definition) is 3. The molecule has 2 amide bonds. The molecule has 1 atom stereocenters. The van der Waals surface area contributed by atoms with Gasteiger partial charge in [0, 0.05) is 18.7 Å². The summed E-state index contributed by atoms with van der Waals surface area (Å²) < 4.78 is 18.5. The maximum atomic E-state index is 12.9. The normalized spacial score (nSPS) is 14.8. The Morgan fingerprint density at radius 2 is 1.54 bits per heavy atom. The van der Waals surface area contributed by atoms with Crippen molar-refractivity contribution in [2.45, 2.75) is 25.8 Å². The molecule has 1 unspecified atom stereocenters. The van der Waals surface area contributed by atoms with E-state index in [4.69, 9.17) is 4.74 Å². The van der Waals surface area contributed by atoms with Crippen LogP contribution in [-0.2, 0) is 4.79 Å². The van der Waals surface area contributed by atoms with E-state index >= 15 is 0 Å². The first kappa shape index (κ1) is 17.9. The summed E-state index contributed by atoms with van der Waals surface area (Å²) in [5, 5.41) is 2.74. The Morgan fingerprint density at radius 3 is 2.12 bits per heavy atom. The molecule has 5 nitrogen and oxygen atoms in total. The summed E-state index contributed by atoms with van der Waals surface area (Å²) in [5.74, 6) is 0.357. The van der Waals surface area contributed by atoms with Crippen LogP contribution in [0.2, 0.25) is 0 Å². The molecule has 0 aromatic heterocycles. The number of halogens is 1. The lowest BCUT2D eigenvalue weighted by molar-refractivity contribution is -0.131. The number of amides is 2. The van der Waals surface area contributed by atoms with Gasteiger partial charge in [0.1, 0.15) is 23.4 Å². The largest absolute Gasteiger partial charge is 0.457 e. The Labute approximate surface area is 151 Å². The number of nitrogens with one attached hydrogen (secondary N) is 1. The van der Waals surface area contributed by atoms with Crippen LogP contribution in [0.4, 0.5) is 4.39 Å². The van der Waals surface area contributed by atoms with Gasteiger partial charge in [-0.05, 0) is 68.3 Å². The number of benzene rings is 2. The summed E-state index contributed by atoms with van der Waals surface area (Å²) in [6.07, 6.45) is 2.03. The van der Waals surface area contributed by atoms with E-state index in [1.54, 1.807) is 36.1 Å². The Kier molecular flexibility index (Phi) is 5.51. The first-order valence-corrected chi connectivity index (χ1v) is 8.66. The highest BCUT2D eigenvalue weighted by Crippen LogP contribution is 2.22. The van der Waals surface area contributed by atoms with Gasteiger partial charge in [-0.15, -0.1) is 0 Å². The molecule has 1 N–H and O–H groups in total. The smallest absolute Gasteiger partial charge is 0.251 e. The average Bonchev–Trinajstić information content (AvgIpc) is 3.18. The summed E-state index contributed by atoms with van der Waals surface area (Å²) in [4.78, 5) is 26.4. The van der Waals surface area contributed by atoms with Crippen molar-refractivity contribution < 1.29 is 18.7 Å². The monoisotopic (exact) mass is 356 g/mol. The molecule has 3 rings (SSSR count). The van der Waals surface area contributed by atoms with Crippen LogP contribution in [0.3, 0.4) is 0 Å². The van der Waals surface area contributed by atoms with Gasteiger partial charge in [-0.25, -0.2) is 4.39 Å². The molecule has 2 aromatic carbocycles. The molecule has 1 saturated heterocycles. The minimum Gasteiger partial charge on any atom is -0.457 e. The summed E-state index contributed by atoms with van der Waals surface area (Å²) >= 11 is 0. The Bertz CT molecular complexity index is 769. The quantitative estimate of drug-likeness (QED) is 0.894. The van der Waals surface area contributed by atoms with Gasteiger partial charge in [-0.2, -0.15) is 0 Å². The van der Waals surface area contributed by atoms with Crippen molar-refractivity contribution in [2.24, 2.45) is 0 Å². The van der Waals surface area contributed by atoms with Crippen molar-refractivity contribution >= 4 is 11.8 Å². The zero-order valence-corrected chi connectivity index (χ0v) is 14.6. The number of nitrogens with zero attached hydrogens (tertiary/aromatic N) is 1. The number of rotatable bonds is 5. The predicted molar refractivity (Wildman–Crippen MR) is 95.7 cm³/mol. The first-order valence-electron chi connectivity index (χ1n) is 8.66. The number of likely N-dealkylation sites (tertiary alicyclic amines) is 1. The Morgan fingerprint density at radius 1 is 1.00 bits per heavy atom. The van der Waals surface area contributed by atoms with Crippen LogP contribution >= 0.6 is 0 Å². The summed E-state index contributed by atoms with van der Waals surface area (Å²) in [7, 11) is 0. The molecule has 1 heterocycles. The number of carbonyl (C=O) groups excluding carboxylic acids is 2. The fourth-order valence-corrected chi connectivity index (χ4v) is 2.87. The average molecular weight is 356 g/mol. The van der Waals surface area contributed by atoms with Crippen LogP contribution in [0.1, 0.15) is 30.1 Å². The molecule has 2 aromatic rings. The highest BCUT2D eigenvalue weighted by molar-refractivity contribution is 5.97. The van der Waals surface area contributed by atoms with Crippen LogP contribution in [0.25, 0.3) is 0 Å². The molecule has 1 aliphatic rings. The zero-order chi connectivity index (χ0) is 18.5. The molecule has 136 valence electrons. The van der Waals surface area contributed by atoms with Gasteiger partial charge < -0.3 is 15.0 Å². The van der Waals surface area contributed by atoms with Crippen LogP contribution < -0.4 is 10.1 Å². The van der Waals surface area contributed by atoms with E-state index in [-0.39, 0.29) is 17.6 Å². The third-order valence-corrected chi connectivity index (χ3v) is 4.30. The second-order valence-electron chi connectivity index (χ2n) is 6.31. The first-order chi connectivity index (χ1) is 12.5. The van der Waals surface area contributed by atoms with Crippen molar-refractivity contribution in [3.63, 3.8) is 0 Å². The topological polar surface area (TPSA) is 58.6 Å². The molecule has 6 heteroatoms.